The molecule has 0 aliphatic carbocycles. The summed E-state index contributed by atoms with van der Waals surface area (Å²) in [7, 11) is 0. The number of nitrogens with zero attached hydrogens (tertiary/aromatic N) is 1. The Labute approximate surface area is 111 Å². The lowest BCUT2D eigenvalue weighted by Gasteiger charge is -2.06. The zero-order valence-electron chi connectivity index (χ0n) is 8.72. The van der Waals surface area contributed by atoms with Gasteiger partial charge in [-0.3, -0.25) is 10.1 Å². The molecule has 0 aliphatic heterocycles. The van der Waals surface area contributed by atoms with Crippen LogP contribution in [0.4, 0.5) is 11.4 Å². The minimum Gasteiger partial charge on any atom is -0.375 e. The molecule has 0 aliphatic rings. The predicted molar refractivity (Wildman–Crippen MR) is 72.4 cm³/mol. The molecular weight excluding hydrogens is 304 g/mol. The first kappa shape index (κ1) is 12.1. The van der Waals surface area contributed by atoms with Crippen molar-refractivity contribution in [3.63, 3.8) is 0 Å². The lowest BCUT2D eigenvalue weighted by molar-refractivity contribution is -0.384. The van der Waals surface area contributed by atoms with Gasteiger partial charge in [-0.2, -0.15) is 11.3 Å². The highest BCUT2D eigenvalue weighted by atomic mass is 79.9. The molecule has 0 radical (unpaired) electrons. The molecular formula is C11H9BrN2O2S. The van der Waals surface area contributed by atoms with Crippen LogP contribution in [0.5, 0.6) is 0 Å². The Bertz CT molecular complexity index is 528. The number of nitro benzene ring substituents is 1. The summed E-state index contributed by atoms with van der Waals surface area (Å²) < 4.78 is 0.699. The molecule has 1 N–H and O–H groups in total. The summed E-state index contributed by atoms with van der Waals surface area (Å²) >= 11 is 4.83. The van der Waals surface area contributed by atoms with E-state index in [-0.39, 0.29) is 10.6 Å². The van der Waals surface area contributed by atoms with Crippen LogP contribution in [0.2, 0.25) is 0 Å². The van der Waals surface area contributed by atoms with Crippen molar-refractivity contribution in [2.75, 3.05) is 5.32 Å². The average molecular weight is 313 g/mol. The number of thiophene rings is 1. The standard InChI is InChI=1S/C11H9BrN2O2S/c12-9-1-2-10(11(5-9)14(15)16)13-6-8-3-4-17-7-8/h1-5,7,13H,6H2. The van der Waals surface area contributed by atoms with Crippen LogP contribution in [0.3, 0.4) is 0 Å². The molecule has 0 spiro atoms. The number of nitro groups is 1. The lowest BCUT2D eigenvalue weighted by Crippen LogP contribution is -2.01. The van der Waals surface area contributed by atoms with Crippen LogP contribution >= 0.6 is 27.3 Å². The number of nitrogens with one attached hydrogen (secondary N) is 1. The van der Waals surface area contributed by atoms with Crippen LogP contribution in [0.25, 0.3) is 0 Å². The van der Waals surface area contributed by atoms with E-state index in [0.29, 0.717) is 16.7 Å². The van der Waals surface area contributed by atoms with Crippen LogP contribution in [-0.4, -0.2) is 4.92 Å². The van der Waals surface area contributed by atoms with Gasteiger partial charge in [0.25, 0.3) is 5.69 Å². The minimum absolute atomic E-state index is 0.0783. The largest absolute Gasteiger partial charge is 0.375 e. The fourth-order valence-electron chi connectivity index (χ4n) is 1.40. The van der Waals surface area contributed by atoms with Crippen LogP contribution < -0.4 is 5.32 Å². The molecule has 0 saturated heterocycles. The summed E-state index contributed by atoms with van der Waals surface area (Å²) in [5, 5.41) is 17.9. The first-order chi connectivity index (χ1) is 8.16. The maximum absolute atomic E-state index is 10.9. The zero-order valence-corrected chi connectivity index (χ0v) is 11.1. The van der Waals surface area contributed by atoms with E-state index in [0.717, 1.165) is 5.56 Å². The third kappa shape index (κ3) is 3.04. The van der Waals surface area contributed by atoms with E-state index in [1.54, 1.807) is 23.5 Å². The zero-order chi connectivity index (χ0) is 12.3. The maximum atomic E-state index is 10.9. The van der Waals surface area contributed by atoms with Gasteiger partial charge in [-0.15, -0.1) is 0 Å². The summed E-state index contributed by atoms with van der Waals surface area (Å²) in [6, 6.07) is 6.97. The second-order valence-electron chi connectivity index (χ2n) is 3.40. The first-order valence-electron chi connectivity index (χ1n) is 4.85. The van der Waals surface area contributed by atoms with E-state index in [1.807, 2.05) is 16.8 Å². The molecule has 2 aromatic rings. The Balaban J connectivity index is 2.17. The van der Waals surface area contributed by atoms with Crippen molar-refractivity contribution in [1.29, 1.82) is 0 Å². The summed E-state index contributed by atoms with van der Waals surface area (Å²) in [5.41, 5.74) is 1.73. The van der Waals surface area contributed by atoms with Gasteiger partial charge in [-0.25, -0.2) is 0 Å². The second-order valence-corrected chi connectivity index (χ2v) is 5.10. The number of hydrogen-bond acceptors (Lipinski definition) is 4. The van der Waals surface area contributed by atoms with Crippen LogP contribution in [-0.2, 0) is 6.54 Å². The van der Waals surface area contributed by atoms with E-state index in [4.69, 9.17) is 0 Å². The Morgan fingerprint density at radius 3 is 2.88 bits per heavy atom. The molecule has 0 fully saturated rings. The van der Waals surface area contributed by atoms with E-state index >= 15 is 0 Å². The fourth-order valence-corrected chi connectivity index (χ4v) is 2.41. The van der Waals surface area contributed by atoms with Crippen molar-refractivity contribution in [1.82, 2.24) is 0 Å². The average Bonchev–Trinajstić information content (AvgIpc) is 2.80. The van der Waals surface area contributed by atoms with Gasteiger partial charge in [-0.05, 0) is 34.5 Å². The van der Waals surface area contributed by atoms with Gasteiger partial charge in [-0.1, -0.05) is 15.9 Å². The van der Waals surface area contributed by atoms with Gasteiger partial charge in [0, 0.05) is 17.1 Å². The molecule has 6 heteroatoms. The second kappa shape index (κ2) is 5.29. The fraction of sp³-hybridized carbons (Fsp3) is 0.0909. The lowest BCUT2D eigenvalue weighted by atomic mass is 10.2. The van der Waals surface area contributed by atoms with E-state index in [9.17, 15) is 10.1 Å². The molecule has 2 rings (SSSR count). The number of benzene rings is 1. The molecule has 17 heavy (non-hydrogen) atoms. The monoisotopic (exact) mass is 312 g/mol. The molecule has 88 valence electrons. The Morgan fingerprint density at radius 1 is 1.41 bits per heavy atom. The third-order valence-corrected chi connectivity index (χ3v) is 3.44. The van der Waals surface area contributed by atoms with E-state index in [1.165, 1.54) is 6.07 Å². The minimum atomic E-state index is -0.388. The maximum Gasteiger partial charge on any atom is 0.293 e. The van der Waals surface area contributed by atoms with Crippen molar-refractivity contribution < 1.29 is 4.92 Å². The summed E-state index contributed by atoms with van der Waals surface area (Å²) in [6.07, 6.45) is 0. The highest BCUT2D eigenvalue weighted by Gasteiger charge is 2.13. The van der Waals surface area contributed by atoms with Gasteiger partial charge < -0.3 is 5.32 Å². The SMILES string of the molecule is O=[N+]([O-])c1cc(Br)ccc1NCc1ccsc1. The predicted octanol–water partition coefficient (Wildman–Crippen LogP) is 4.03. The van der Waals surface area contributed by atoms with Crippen molar-refractivity contribution in [3.05, 3.63) is 55.2 Å². The molecule has 0 saturated carbocycles. The highest BCUT2D eigenvalue weighted by molar-refractivity contribution is 9.10. The van der Waals surface area contributed by atoms with Crippen molar-refractivity contribution in [3.8, 4) is 0 Å². The third-order valence-electron chi connectivity index (χ3n) is 2.22. The Kier molecular flexibility index (Phi) is 3.75. The number of hydrogen-bond donors (Lipinski definition) is 1. The summed E-state index contributed by atoms with van der Waals surface area (Å²) in [5.74, 6) is 0. The molecule has 0 bridgehead atoms. The van der Waals surface area contributed by atoms with Crippen molar-refractivity contribution >= 4 is 38.6 Å². The van der Waals surface area contributed by atoms with E-state index < -0.39 is 0 Å². The van der Waals surface area contributed by atoms with Gasteiger partial charge in [0.15, 0.2) is 0 Å². The molecule has 1 heterocycles. The number of anilines is 1. The summed E-state index contributed by atoms with van der Waals surface area (Å²) in [6.45, 7) is 0.589. The molecule has 0 amide bonds. The number of halogens is 1. The number of rotatable bonds is 4. The van der Waals surface area contributed by atoms with Gasteiger partial charge in [0.1, 0.15) is 5.69 Å². The molecule has 4 nitrogen and oxygen atoms in total. The molecule has 1 aromatic carbocycles. The topological polar surface area (TPSA) is 55.2 Å². The normalized spacial score (nSPS) is 10.2. The van der Waals surface area contributed by atoms with Crippen molar-refractivity contribution in [2.45, 2.75) is 6.54 Å². The van der Waals surface area contributed by atoms with Gasteiger partial charge in [0.2, 0.25) is 0 Å². The molecule has 0 unspecified atom stereocenters. The Morgan fingerprint density at radius 2 is 2.24 bits per heavy atom. The van der Waals surface area contributed by atoms with Crippen molar-refractivity contribution in [2.24, 2.45) is 0 Å². The molecule has 0 atom stereocenters. The first-order valence-corrected chi connectivity index (χ1v) is 6.59. The van der Waals surface area contributed by atoms with Crippen LogP contribution in [0.1, 0.15) is 5.56 Å². The molecule has 1 aromatic heterocycles. The smallest absolute Gasteiger partial charge is 0.293 e. The quantitative estimate of drug-likeness (QED) is 0.685. The van der Waals surface area contributed by atoms with Gasteiger partial charge >= 0.3 is 0 Å². The van der Waals surface area contributed by atoms with Crippen LogP contribution in [0, 0.1) is 10.1 Å². The highest BCUT2D eigenvalue weighted by Crippen LogP contribution is 2.28. The van der Waals surface area contributed by atoms with E-state index in [2.05, 4.69) is 21.2 Å². The van der Waals surface area contributed by atoms with Crippen LogP contribution in [0.15, 0.2) is 39.5 Å². The van der Waals surface area contributed by atoms with Gasteiger partial charge in [0.05, 0.1) is 4.92 Å². The summed E-state index contributed by atoms with van der Waals surface area (Å²) in [4.78, 5) is 10.5. The Hall–Kier alpha value is -1.40.